The molecule has 0 saturated heterocycles. The van der Waals surface area contributed by atoms with Crippen LogP contribution in [0.5, 0.6) is 0 Å². The van der Waals surface area contributed by atoms with Gasteiger partial charge in [-0.3, -0.25) is 10.3 Å². The maximum absolute atomic E-state index is 12.0. The number of nitrogens with one attached hydrogen (secondary N) is 1. The smallest absolute Gasteiger partial charge is 0.322 e. The molecule has 0 bridgehead atoms. The molecule has 7 heteroatoms. The fraction of sp³-hybridized carbons (Fsp3) is 0.333. The second-order valence-electron chi connectivity index (χ2n) is 4.20. The highest BCUT2D eigenvalue weighted by molar-refractivity contribution is 7.10. The molecule has 0 radical (unpaired) electrons. The highest BCUT2D eigenvalue weighted by Gasteiger charge is 2.17. The fourth-order valence-corrected chi connectivity index (χ4v) is 1.98. The van der Waals surface area contributed by atoms with Crippen molar-refractivity contribution in [3.05, 3.63) is 36.3 Å². The Labute approximate surface area is 115 Å². The molecule has 2 aromatic rings. The summed E-state index contributed by atoms with van der Waals surface area (Å²) >= 11 is 1.15. The Morgan fingerprint density at radius 2 is 2.37 bits per heavy atom. The number of carbonyl (C=O) groups is 1. The maximum Gasteiger partial charge on any atom is 0.322 e. The van der Waals surface area contributed by atoms with Gasteiger partial charge in [-0.15, -0.1) is 5.10 Å². The van der Waals surface area contributed by atoms with Crippen molar-refractivity contribution in [3.63, 3.8) is 0 Å². The summed E-state index contributed by atoms with van der Waals surface area (Å²) < 4.78 is 3.70. The number of aromatic nitrogens is 3. The third-order valence-corrected chi connectivity index (χ3v) is 3.38. The molecule has 0 aliphatic heterocycles. The van der Waals surface area contributed by atoms with E-state index in [-0.39, 0.29) is 12.1 Å². The Morgan fingerprint density at radius 1 is 1.53 bits per heavy atom. The average Bonchev–Trinajstić information content (AvgIpc) is 2.91. The molecule has 2 aromatic heterocycles. The van der Waals surface area contributed by atoms with Gasteiger partial charge in [-0.25, -0.2) is 4.79 Å². The van der Waals surface area contributed by atoms with Gasteiger partial charge in [0.25, 0.3) is 0 Å². The van der Waals surface area contributed by atoms with E-state index in [9.17, 15) is 4.79 Å². The van der Waals surface area contributed by atoms with Crippen LogP contribution in [0.4, 0.5) is 9.80 Å². The minimum Gasteiger partial charge on any atom is -0.324 e. The predicted molar refractivity (Wildman–Crippen MR) is 74.1 cm³/mol. The second kappa shape index (κ2) is 6.24. The zero-order valence-electron chi connectivity index (χ0n) is 10.8. The van der Waals surface area contributed by atoms with Gasteiger partial charge >= 0.3 is 6.03 Å². The summed E-state index contributed by atoms with van der Waals surface area (Å²) in [5.41, 5.74) is 0.967. The number of hydrogen-bond donors (Lipinski definition) is 1. The van der Waals surface area contributed by atoms with Crippen LogP contribution < -0.4 is 5.32 Å². The number of pyridine rings is 1. The van der Waals surface area contributed by atoms with Crippen molar-refractivity contribution in [1.29, 1.82) is 0 Å². The summed E-state index contributed by atoms with van der Waals surface area (Å²) in [5, 5.41) is 7.06. The normalized spacial score (nSPS) is 11.9. The Bertz CT molecular complexity index is 516. The number of hydrogen-bond acceptors (Lipinski definition) is 5. The summed E-state index contributed by atoms with van der Waals surface area (Å²) in [4.78, 5) is 17.9. The van der Waals surface area contributed by atoms with E-state index in [0.717, 1.165) is 17.2 Å². The number of carbonyl (C=O) groups excluding carboxylic acids is 1. The first-order valence-corrected chi connectivity index (χ1v) is 6.65. The lowest BCUT2D eigenvalue weighted by Gasteiger charge is -2.24. The van der Waals surface area contributed by atoms with Crippen molar-refractivity contribution in [2.24, 2.45) is 0 Å². The lowest BCUT2D eigenvalue weighted by molar-refractivity contribution is 0.207. The second-order valence-corrected chi connectivity index (χ2v) is 4.98. The quantitative estimate of drug-likeness (QED) is 0.928. The van der Waals surface area contributed by atoms with E-state index < -0.39 is 0 Å². The highest BCUT2D eigenvalue weighted by atomic mass is 32.1. The van der Waals surface area contributed by atoms with Crippen LogP contribution in [0.2, 0.25) is 0 Å². The molecular weight excluding hydrogens is 262 g/mol. The summed E-state index contributed by atoms with van der Waals surface area (Å²) in [7, 11) is 1.76. The SMILES string of the molecule is CC(Cc1ccccn1)N(C)C(=O)Nc1cnns1. The zero-order chi connectivity index (χ0) is 13.7. The largest absolute Gasteiger partial charge is 0.324 e. The van der Waals surface area contributed by atoms with E-state index in [1.165, 1.54) is 6.20 Å². The van der Waals surface area contributed by atoms with E-state index >= 15 is 0 Å². The van der Waals surface area contributed by atoms with Crippen LogP contribution in [0.3, 0.4) is 0 Å². The van der Waals surface area contributed by atoms with E-state index in [1.807, 2.05) is 25.1 Å². The van der Waals surface area contributed by atoms with Crippen LogP contribution in [-0.4, -0.2) is 38.6 Å². The molecule has 1 atom stereocenters. The van der Waals surface area contributed by atoms with E-state index in [1.54, 1.807) is 18.1 Å². The van der Waals surface area contributed by atoms with E-state index in [2.05, 4.69) is 19.9 Å². The van der Waals surface area contributed by atoms with Crippen LogP contribution in [0.25, 0.3) is 0 Å². The lowest BCUT2D eigenvalue weighted by atomic mass is 10.1. The minimum atomic E-state index is -0.172. The summed E-state index contributed by atoms with van der Waals surface area (Å²) in [6, 6.07) is 5.65. The molecule has 0 spiro atoms. The molecule has 0 aliphatic carbocycles. The summed E-state index contributed by atoms with van der Waals surface area (Å²) in [6.07, 6.45) is 4.00. The molecule has 1 N–H and O–H groups in total. The third kappa shape index (κ3) is 3.72. The first-order valence-electron chi connectivity index (χ1n) is 5.88. The van der Waals surface area contributed by atoms with Gasteiger partial charge in [-0.1, -0.05) is 10.6 Å². The summed E-state index contributed by atoms with van der Waals surface area (Å²) in [6.45, 7) is 1.99. The minimum absolute atomic E-state index is 0.0516. The molecular formula is C12H15N5OS. The lowest BCUT2D eigenvalue weighted by Crippen LogP contribution is -2.39. The van der Waals surface area contributed by atoms with Gasteiger partial charge in [0.05, 0.1) is 6.20 Å². The molecule has 2 rings (SSSR count). The third-order valence-electron chi connectivity index (χ3n) is 2.80. The number of amides is 2. The number of anilines is 1. The Morgan fingerprint density at radius 3 is 3.00 bits per heavy atom. The molecule has 0 saturated carbocycles. The molecule has 100 valence electrons. The van der Waals surface area contributed by atoms with Crippen molar-refractivity contribution < 1.29 is 4.79 Å². The number of nitrogens with zero attached hydrogens (tertiary/aromatic N) is 4. The average molecular weight is 277 g/mol. The van der Waals surface area contributed by atoms with Crippen LogP contribution in [0, 0.1) is 0 Å². The molecule has 2 amide bonds. The van der Waals surface area contributed by atoms with Crippen molar-refractivity contribution in [3.8, 4) is 0 Å². The predicted octanol–water partition coefficient (Wildman–Crippen LogP) is 2.03. The van der Waals surface area contributed by atoms with Crippen molar-refractivity contribution in [2.45, 2.75) is 19.4 Å². The van der Waals surface area contributed by atoms with Gasteiger partial charge in [0, 0.05) is 42.9 Å². The van der Waals surface area contributed by atoms with Gasteiger partial charge < -0.3 is 4.90 Å². The molecule has 2 heterocycles. The topological polar surface area (TPSA) is 71.0 Å². The molecule has 6 nitrogen and oxygen atoms in total. The van der Waals surface area contributed by atoms with Crippen LogP contribution >= 0.6 is 11.5 Å². The number of urea groups is 1. The van der Waals surface area contributed by atoms with Gasteiger partial charge in [0.2, 0.25) is 0 Å². The fourth-order valence-electron chi connectivity index (χ4n) is 1.57. The van der Waals surface area contributed by atoms with Gasteiger partial charge in [0.1, 0.15) is 5.00 Å². The monoisotopic (exact) mass is 277 g/mol. The van der Waals surface area contributed by atoms with Gasteiger partial charge in [-0.2, -0.15) is 0 Å². The number of likely N-dealkylation sites (N-methyl/N-ethyl adjacent to an activating group) is 1. The van der Waals surface area contributed by atoms with Crippen LogP contribution in [-0.2, 0) is 6.42 Å². The zero-order valence-corrected chi connectivity index (χ0v) is 11.6. The van der Waals surface area contributed by atoms with Crippen LogP contribution in [0.15, 0.2) is 30.6 Å². The Hall–Kier alpha value is -2.02. The summed E-state index contributed by atoms with van der Waals surface area (Å²) in [5.74, 6) is 0. The van der Waals surface area contributed by atoms with Crippen molar-refractivity contribution in [2.75, 3.05) is 12.4 Å². The molecule has 19 heavy (non-hydrogen) atoms. The Balaban J connectivity index is 1.91. The first-order chi connectivity index (χ1) is 9.16. The standard InChI is InChI=1S/C12H15N5OS/c1-9(7-10-5-3-4-6-13-10)17(2)12(18)15-11-8-14-16-19-11/h3-6,8-9H,7H2,1-2H3,(H,15,18). The van der Waals surface area contributed by atoms with E-state index in [4.69, 9.17) is 0 Å². The molecule has 0 aliphatic rings. The number of rotatable bonds is 4. The van der Waals surface area contributed by atoms with Gasteiger partial charge in [-0.05, 0) is 19.1 Å². The molecule has 1 unspecified atom stereocenters. The van der Waals surface area contributed by atoms with Crippen molar-refractivity contribution in [1.82, 2.24) is 19.5 Å². The van der Waals surface area contributed by atoms with Crippen molar-refractivity contribution >= 4 is 22.6 Å². The Kier molecular flexibility index (Phi) is 4.40. The molecule has 0 aromatic carbocycles. The highest BCUT2D eigenvalue weighted by Crippen LogP contribution is 2.12. The van der Waals surface area contributed by atoms with Crippen LogP contribution in [0.1, 0.15) is 12.6 Å². The van der Waals surface area contributed by atoms with Gasteiger partial charge in [0.15, 0.2) is 0 Å². The maximum atomic E-state index is 12.0. The van der Waals surface area contributed by atoms with E-state index in [0.29, 0.717) is 11.4 Å². The first kappa shape index (κ1) is 13.4. The molecule has 0 fully saturated rings.